The molecule has 0 radical (unpaired) electrons. The van der Waals surface area contributed by atoms with Gasteiger partial charge in [0.25, 0.3) is 0 Å². The molecular weight excluding hydrogens is 300 g/mol. The van der Waals surface area contributed by atoms with Crippen LogP contribution < -0.4 is 9.92 Å². The molecule has 0 bridgehead atoms. The van der Waals surface area contributed by atoms with Crippen molar-refractivity contribution in [3.8, 4) is 11.5 Å². The molecule has 0 aliphatic carbocycles. The Labute approximate surface area is 133 Å². The Bertz CT molecular complexity index is 633. The van der Waals surface area contributed by atoms with E-state index in [9.17, 15) is 0 Å². The normalized spacial score (nSPS) is 11.5. The topological polar surface area (TPSA) is 9.23 Å². The van der Waals surface area contributed by atoms with E-state index in [1.807, 2.05) is 37.3 Å². The summed E-state index contributed by atoms with van der Waals surface area (Å²) in [6, 6.07) is 12.1. The first kappa shape index (κ1) is 15.5. The van der Waals surface area contributed by atoms with E-state index in [2.05, 4.69) is 51.0 Å². The zero-order valence-electron chi connectivity index (χ0n) is 12.3. The molecule has 0 saturated carbocycles. The monoisotopic (exact) mass is 320 g/mol. The third kappa shape index (κ3) is 3.24. The Balaban J connectivity index is 2.42. The molecule has 2 aromatic carbocycles. The lowest BCUT2D eigenvalue weighted by Crippen LogP contribution is -2.38. The zero-order chi connectivity index (χ0) is 14.9. The van der Waals surface area contributed by atoms with Gasteiger partial charge in [0.05, 0.1) is 8.07 Å². The van der Waals surface area contributed by atoms with Crippen molar-refractivity contribution in [2.75, 3.05) is 0 Å². The maximum absolute atomic E-state index is 6.03. The number of rotatable bonds is 3. The third-order valence-electron chi connectivity index (χ3n) is 3.23. The first-order valence-corrected chi connectivity index (χ1v) is 11.0. The molecule has 0 spiro atoms. The Hall–Kier alpha value is -0.843. The summed E-state index contributed by atoms with van der Waals surface area (Å²) in [6.45, 7) is 8.95. The van der Waals surface area contributed by atoms with E-state index >= 15 is 0 Å². The standard InChI is InChI=1S/C16H20OS2Si/c1-11-7-5-8-12(15(11)18)17-13-9-6-10-14(16(13)19)20(2,3)4/h5-10,18-19H,1-4H3. The van der Waals surface area contributed by atoms with Gasteiger partial charge in [-0.2, -0.15) is 0 Å². The number of hydrogen-bond donors (Lipinski definition) is 2. The van der Waals surface area contributed by atoms with Crippen molar-refractivity contribution < 1.29 is 4.74 Å². The van der Waals surface area contributed by atoms with Gasteiger partial charge in [0.1, 0.15) is 11.5 Å². The fourth-order valence-electron chi connectivity index (χ4n) is 2.04. The van der Waals surface area contributed by atoms with Crippen LogP contribution in [0, 0.1) is 6.92 Å². The third-order valence-corrected chi connectivity index (χ3v) is 6.51. The molecule has 0 heterocycles. The zero-order valence-corrected chi connectivity index (χ0v) is 15.1. The minimum Gasteiger partial charge on any atom is -0.455 e. The van der Waals surface area contributed by atoms with Crippen LogP contribution in [0.5, 0.6) is 11.5 Å². The van der Waals surface area contributed by atoms with Crippen molar-refractivity contribution in [3.63, 3.8) is 0 Å². The fraction of sp³-hybridized carbons (Fsp3) is 0.250. The van der Waals surface area contributed by atoms with Crippen LogP contribution in [0.25, 0.3) is 0 Å². The maximum atomic E-state index is 6.03. The van der Waals surface area contributed by atoms with Gasteiger partial charge in [0, 0.05) is 9.79 Å². The molecule has 2 aromatic rings. The SMILES string of the molecule is Cc1cccc(Oc2cccc([Si](C)(C)C)c2S)c1S. The highest BCUT2D eigenvalue weighted by Crippen LogP contribution is 2.33. The first-order valence-electron chi connectivity index (χ1n) is 6.59. The molecule has 1 nitrogen and oxygen atoms in total. The van der Waals surface area contributed by atoms with Gasteiger partial charge in [-0.25, -0.2) is 0 Å². The van der Waals surface area contributed by atoms with Crippen LogP contribution in [0.3, 0.4) is 0 Å². The Morgan fingerprint density at radius 1 is 0.850 bits per heavy atom. The van der Waals surface area contributed by atoms with Crippen molar-refractivity contribution in [2.24, 2.45) is 0 Å². The fourth-order valence-corrected chi connectivity index (χ4v) is 4.87. The van der Waals surface area contributed by atoms with Gasteiger partial charge in [-0.15, -0.1) is 25.3 Å². The van der Waals surface area contributed by atoms with Crippen molar-refractivity contribution in [3.05, 3.63) is 42.0 Å². The van der Waals surface area contributed by atoms with E-state index in [-0.39, 0.29) is 0 Å². The van der Waals surface area contributed by atoms with E-state index < -0.39 is 8.07 Å². The predicted octanol–water partition coefficient (Wildman–Crippen LogP) is 4.91. The summed E-state index contributed by atoms with van der Waals surface area (Å²) in [5.74, 6) is 1.57. The molecule has 2 rings (SSSR count). The average molecular weight is 321 g/mol. The van der Waals surface area contributed by atoms with Gasteiger partial charge in [0.15, 0.2) is 0 Å². The molecule has 0 saturated heterocycles. The molecule has 4 heteroatoms. The molecule has 0 N–H and O–H groups in total. The van der Waals surface area contributed by atoms with E-state index in [4.69, 9.17) is 4.74 Å². The summed E-state index contributed by atoms with van der Waals surface area (Å²) >= 11 is 9.20. The number of aryl methyl sites for hydroxylation is 1. The molecule has 0 amide bonds. The van der Waals surface area contributed by atoms with Crippen LogP contribution in [0.15, 0.2) is 46.2 Å². The van der Waals surface area contributed by atoms with E-state index in [1.54, 1.807) is 0 Å². The van der Waals surface area contributed by atoms with E-state index in [1.165, 1.54) is 5.19 Å². The Morgan fingerprint density at radius 3 is 2.00 bits per heavy atom. The quantitative estimate of drug-likeness (QED) is 0.603. The summed E-state index contributed by atoms with van der Waals surface area (Å²) in [7, 11) is -1.43. The van der Waals surface area contributed by atoms with Crippen LogP contribution in [0.1, 0.15) is 5.56 Å². The lowest BCUT2D eigenvalue weighted by atomic mass is 10.2. The lowest BCUT2D eigenvalue weighted by Gasteiger charge is -2.21. The lowest BCUT2D eigenvalue weighted by molar-refractivity contribution is 0.460. The highest BCUT2D eigenvalue weighted by molar-refractivity contribution is 7.80. The van der Waals surface area contributed by atoms with Crippen molar-refractivity contribution in [1.82, 2.24) is 0 Å². The number of ether oxygens (including phenoxy) is 1. The van der Waals surface area contributed by atoms with Crippen LogP contribution >= 0.6 is 25.3 Å². The van der Waals surface area contributed by atoms with Crippen molar-refractivity contribution in [2.45, 2.75) is 36.4 Å². The number of benzene rings is 2. The van der Waals surface area contributed by atoms with Gasteiger partial charge in [-0.05, 0) is 29.8 Å². The number of thiol groups is 2. The highest BCUT2D eigenvalue weighted by atomic mass is 32.1. The van der Waals surface area contributed by atoms with Crippen LogP contribution in [0.2, 0.25) is 19.6 Å². The second-order valence-corrected chi connectivity index (χ2v) is 11.9. The summed E-state index contributed by atoms with van der Waals surface area (Å²) in [5.41, 5.74) is 1.10. The summed E-state index contributed by atoms with van der Waals surface area (Å²) in [4.78, 5) is 1.82. The molecule has 0 aliphatic heterocycles. The molecular formula is C16H20OS2Si. The largest absolute Gasteiger partial charge is 0.455 e. The maximum Gasteiger partial charge on any atom is 0.141 e. The molecule has 0 atom stereocenters. The molecule has 0 aromatic heterocycles. The van der Waals surface area contributed by atoms with Gasteiger partial charge in [-0.3, -0.25) is 0 Å². The minimum absolute atomic E-state index is 0.774. The first-order chi connectivity index (χ1) is 9.30. The summed E-state index contributed by atoms with van der Waals surface area (Å²) < 4.78 is 6.03. The summed E-state index contributed by atoms with van der Waals surface area (Å²) in [5, 5.41) is 1.31. The van der Waals surface area contributed by atoms with Gasteiger partial charge in [-0.1, -0.05) is 43.9 Å². The molecule has 0 fully saturated rings. The second kappa shape index (κ2) is 5.88. The van der Waals surface area contributed by atoms with Crippen LogP contribution in [-0.2, 0) is 0 Å². The Kier molecular flexibility index (Phi) is 4.57. The van der Waals surface area contributed by atoms with Crippen molar-refractivity contribution >= 4 is 38.5 Å². The van der Waals surface area contributed by atoms with Gasteiger partial charge in [0.2, 0.25) is 0 Å². The summed E-state index contributed by atoms with van der Waals surface area (Å²) in [6.07, 6.45) is 0. The van der Waals surface area contributed by atoms with E-state index in [0.29, 0.717) is 0 Å². The van der Waals surface area contributed by atoms with Crippen LogP contribution in [-0.4, -0.2) is 8.07 Å². The highest BCUT2D eigenvalue weighted by Gasteiger charge is 2.21. The van der Waals surface area contributed by atoms with Crippen molar-refractivity contribution in [1.29, 1.82) is 0 Å². The predicted molar refractivity (Wildman–Crippen MR) is 95.2 cm³/mol. The molecule has 0 aliphatic rings. The van der Waals surface area contributed by atoms with Gasteiger partial charge < -0.3 is 4.74 Å². The smallest absolute Gasteiger partial charge is 0.141 e. The molecule has 106 valence electrons. The molecule has 20 heavy (non-hydrogen) atoms. The number of hydrogen-bond acceptors (Lipinski definition) is 3. The average Bonchev–Trinajstić information content (AvgIpc) is 2.36. The minimum atomic E-state index is -1.43. The second-order valence-electron chi connectivity index (χ2n) is 5.93. The van der Waals surface area contributed by atoms with E-state index in [0.717, 1.165) is 26.9 Å². The molecule has 0 unspecified atom stereocenters. The van der Waals surface area contributed by atoms with Crippen LogP contribution in [0.4, 0.5) is 0 Å². The van der Waals surface area contributed by atoms with Gasteiger partial charge >= 0.3 is 0 Å². The Morgan fingerprint density at radius 2 is 1.40 bits per heavy atom.